The fraction of sp³-hybridized carbons (Fsp3) is 0.619. The summed E-state index contributed by atoms with van der Waals surface area (Å²) in [5.74, 6) is 1.54. The Morgan fingerprint density at radius 3 is 2.61 bits per heavy atom. The minimum absolute atomic E-state index is 0. The maximum atomic E-state index is 11.8. The normalized spacial score (nSPS) is 14.3. The first-order chi connectivity index (χ1) is 13.1. The molecule has 2 rings (SSSR count). The fourth-order valence-electron chi connectivity index (χ4n) is 3.08. The zero-order valence-electron chi connectivity index (χ0n) is 17.3. The van der Waals surface area contributed by atoms with Crippen LogP contribution < -0.4 is 20.7 Å². The van der Waals surface area contributed by atoms with Gasteiger partial charge in [0.1, 0.15) is 5.75 Å². The molecule has 1 aliphatic rings. The zero-order chi connectivity index (χ0) is 19.5. The van der Waals surface area contributed by atoms with Crippen molar-refractivity contribution in [3.63, 3.8) is 0 Å². The van der Waals surface area contributed by atoms with Crippen molar-refractivity contribution < 1.29 is 9.53 Å². The molecular weight excluding hydrogens is 467 g/mol. The SMILES string of the molecule is CCCNC(=O)CNC(=NCc1ccc(C)cc1OC1CCCC1)NCC.I. The summed E-state index contributed by atoms with van der Waals surface area (Å²) in [6.07, 6.45) is 6.01. The van der Waals surface area contributed by atoms with E-state index in [1.807, 2.05) is 13.8 Å². The third kappa shape index (κ3) is 8.67. The van der Waals surface area contributed by atoms with E-state index in [-0.39, 0.29) is 36.4 Å². The van der Waals surface area contributed by atoms with Crippen LogP contribution in [0.4, 0.5) is 0 Å². The fourth-order valence-corrected chi connectivity index (χ4v) is 3.08. The van der Waals surface area contributed by atoms with Crippen molar-refractivity contribution in [3.8, 4) is 5.75 Å². The average Bonchev–Trinajstić information content (AvgIpc) is 3.16. The summed E-state index contributed by atoms with van der Waals surface area (Å²) in [6.45, 7) is 8.27. The van der Waals surface area contributed by atoms with Crippen LogP contribution in [-0.2, 0) is 11.3 Å². The molecule has 0 saturated heterocycles. The lowest BCUT2D eigenvalue weighted by Crippen LogP contribution is -2.43. The van der Waals surface area contributed by atoms with Gasteiger partial charge in [0.2, 0.25) is 5.91 Å². The van der Waals surface area contributed by atoms with E-state index in [0.29, 0.717) is 25.2 Å². The van der Waals surface area contributed by atoms with E-state index in [9.17, 15) is 4.79 Å². The molecule has 0 unspecified atom stereocenters. The van der Waals surface area contributed by atoms with Gasteiger partial charge in [-0.15, -0.1) is 24.0 Å². The molecule has 1 aromatic carbocycles. The predicted octanol–water partition coefficient (Wildman–Crippen LogP) is 3.52. The molecule has 1 saturated carbocycles. The van der Waals surface area contributed by atoms with Gasteiger partial charge in [-0.3, -0.25) is 4.79 Å². The number of halogens is 1. The van der Waals surface area contributed by atoms with Crippen LogP contribution in [0.3, 0.4) is 0 Å². The van der Waals surface area contributed by atoms with Crippen LogP contribution in [0.2, 0.25) is 0 Å². The van der Waals surface area contributed by atoms with E-state index in [1.54, 1.807) is 0 Å². The topological polar surface area (TPSA) is 74.8 Å². The number of hydrogen-bond donors (Lipinski definition) is 3. The van der Waals surface area contributed by atoms with Gasteiger partial charge in [0.05, 0.1) is 19.2 Å². The first-order valence-electron chi connectivity index (χ1n) is 10.2. The van der Waals surface area contributed by atoms with E-state index in [4.69, 9.17) is 4.74 Å². The van der Waals surface area contributed by atoms with Gasteiger partial charge >= 0.3 is 0 Å². The Balaban J connectivity index is 0.00000392. The van der Waals surface area contributed by atoms with E-state index >= 15 is 0 Å². The van der Waals surface area contributed by atoms with Gasteiger partial charge in [0.25, 0.3) is 0 Å². The molecule has 0 aromatic heterocycles. The predicted molar refractivity (Wildman–Crippen MR) is 126 cm³/mol. The first kappa shape index (κ1) is 24.5. The number of aryl methyl sites for hydroxylation is 1. The Bertz CT molecular complexity index is 631. The van der Waals surface area contributed by atoms with Gasteiger partial charge in [0, 0.05) is 18.7 Å². The quantitative estimate of drug-likeness (QED) is 0.275. The van der Waals surface area contributed by atoms with Crippen LogP contribution in [0.25, 0.3) is 0 Å². The van der Waals surface area contributed by atoms with Crippen molar-refractivity contribution >= 4 is 35.8 Å². The van der Waals surface area contributed by atoms with E-state index < -0.39 is 0 Å². The highest BCUT2D eigenvalue weighted by molar-refractivity contribution is 14.0. The number of rotatable bonds is 9. The smallest absolute Gasteiger partial charge is 0.239 e. The zero-order valence-corrected chi connectivity index (χ0v) is 19.7. The van der Waals surface area contributed by atoms with Crippen LogP contribution in [0.5, 0.6) is 5.75 Å². The summed E-state index contributed by atoms with van der Waals surface area (Å²) in [7, 11) is 0. The number of nitrogens with one attached hydrogen (secondary N) is 3. The van der Waals surface area contributed by atoms with Crippen molar-refractivity contribution in [2.75, 3.05) is 19.6 Å². The van der Waals surface area contributed by atoms with Crippen LogP contribution >= 0.6 is 24.0 Å². The van der Waals surface area contributed by atoms with Gasteiger partial charge < -0.3 is 20.7 Å². The van der Waals surface area contributed by atoms with Gasteiger partial charge in [-0.25, -0.2) is 4.99 Å². The van der Waals surface area contributed by atoms with Gasteiger partial charge in [-0.2, -0.15) is 0 Å². The number of hydrogen-bond acceptors (Lipinski definition) is 3. The lowest BCUT2D eigenvalue weighted by Gasteiger charge is -2.17. The molecule has 6 nitrogen and oxygen atoms in total. The number of benzene rings is 1. The number of carbonyl (C=O) groups excluding carboxylic acids is 1. The number of aliphatic imine (C=N–C) groups is 1. The molecule has 1 aromatic rings. The number of amides is 1. The standard InChI is InChI=1S/C21H34N4O2.HI/c1-4-12-23-20(26)15-25-21(22-5-2)24-14-17-11-10-16(3)13-19(17)27-18-8-6-7-9-18;/h10-11,13,18H,4-9,12,14-15H2,1-3H3,(H,23,26)(H2,22,24,25);1H. The Morgan fingerprint density at radius 1 is 1.18 bits per heavy atom. The molecule has 1 aliphatic carbocycles. The second kappa shape index (κ2) is 13.6. The highest BCUT2D eigenvalue weighted by atomic mass is 127. The van der Waals surface area contributed by atoms with Crippen LogP contribution in [0.15, 0.2) is 23.2 Å². The van der Waals surface area contributed by atoms with E-state index in [1.165, 1.54) is 18.4 Å². The molecule has 3 N–H and O–H groups in total. The molecule has 0 aliphatic heterocycles. The Morgan fingerprint density at radius 2 is 1.93 bits per heavy atom. The largest absolute Gasteiger partial charge is 0.490 e. The van der Waals surface area contributed by atoms with E-state index in [2.05, 4.69) is 46.1 Å². The highest BCUT2D eigenvalue weighted by Gasteiger charge is 2.18. The summed E-state index contributed by atoms with van der Waals surface area (Å²) in [5.41, 5.74) is 2.26. The average molecular weight is 502 g/mol. The molecule has 0 spiro atoms. The minimum Gasteiger partial charge on any atom is -0.490 e. The van der Waals surface area contributed by atoms with E-state index in [0.717, 1.165) is 37.1 Å². The molecule has 0 radical (unpaired) electrons. The maximum absolute atomic E-state index is 11.8. The maximum Gasteiger partial charge on any atom is 0.239 e. The number of nitrogens with zero attached hydrogens (tertiary/aromatic N) is 1. The van der Waals surface area contributed by atoms with Crippen molar-refractivity contribution in [1.82, 2.24) is 16.0 Å². The molecule has 7 heteroatoms. The van der Waals surface area contributed by atoms with Crippen LogP contribution in [0.1, 0.15) is 57.1 Å². The van der Waals surface area contributed by atoms with Crippen molar-refractivity contribution in [1.29, 1.82) is 0 Å². The second-order valence-electron chi connectivity index (χ2n) is 7.03. The number of guanidine groups is 1. The molecule has 0 heterocycles. The van der Waals surface area contributed by atoms with Crippen molar-refractivity contribution in [2.24, 2.45) is 4.99 Å². The molecule has 28 heavy (non-hydrogen) atoms. The monoisotopic (exact) mass is 502 g/mol. The molecule has 0 atom stereocenters. The highest BCUT2D eigenvalue weighted by Crippen LogP contribution is 2.28. The number of ether oxygens (including phenoxy) is 1. The first-order valence-corrected chi connectivity index (χ1v) is 10.2. The van der Waals surface area contributed by atoms with Gasteiger partial charge in [-0.05, 0) is 57.6 Å². The minimum atomic E-state index is -0.0250. The molecule has 1 amide bonds. The van der Waals surface area contributed by atoms with Crippen molar-refractivity contribution in [3.05, 3.63) is 29.3 Å². The Labute approximate surface area is 186 Å². The third-order valence-electron chi connectivity index (χ3n) is 4.56. The second-order valence-corrected chi connectivity index (χ2v) is 7.03. The summed E-state index contributed by atoms with van der Waals surface area (Å²) in [6, 6.07) is 6.27. The summed E-state index contributed by atoms with van der Waals surface area (Å²) in [5, 5.41) is 9.13. The molecule has 158 valence electrons. The summed E-state index contributed by atoms with van der Waals surface area (Å²) >= 11 is 0. The summed E-state index contributed by atoms with van der Waals surface area (Å²) in [4.78, 5) is 16.4. The van der Waals surface area contributed by atoms with Gasteiger partial charge in [0.15, 0.2) is 5.96 Å². The molecule has 1 fully saturated rings. The van der Waals surface area contributed by atoms with Crippen LogP contribution in [0, 0.1) is 6.92 Å². The molecule has 0 bridgehead atoms. The lowest BCUT2D eigenvalue weighted by atomic mass is 10.1. The Hall–Kier alpha value is -1.51. The lowest BCUT2D eigenvalue weighted by molar-refractivity contribution is -0.120. The third-order valence-corrected chi connectivity index (χ3v) is 4.56. The number of carbonyl (C=O) groups is 1. The van der Waals surface area contributed by atoms with Crippen LogP contribution in [-0.4, -0.2) is 37.6 Å². The molecular formula is C21H35IN4O2. The van der Waals surface area contributed by atoms with Gasteiger partial charge in [-0.1, -0.05) is 19.1 Å². The van der Waals surface area contributed by atoms with Crippen molar-refractivity contribution in [2.45, 2.75) is 65.5 Å². The Kier molecular flexibility index (Phi) is 11.9. The summed E-state index contributed by atoms with van der Waals surface area (Å²) < 4.78 is 6.25.